The molecule has 0 aliphatic carbocycles. The van der Waals surface area contributed by atoms with E-state index >= 15 is 0 Å². The zero-order valence-electron chi connectivity index (χ0n) is 17.1. The van der Waals surface area contributed by atoms with Crippen LogP contribution < -0.4 is 10.6 Å². The number of carbonyl (C=O) groups excluding carboxylic acids is 2. The van der Waals surface area contributed by atoms with Gasteiger partial charge in [0.05, 0.1) is 6.07 Å². The van der Waals surface area contributed by atoms with Crippen LogP contribution >= 0.6 is 11.8 Å². The SMILES string of the molecule is CC(C)(C)c1ccc(CSC[C@H](NC(=O)c2ccccc2)C(=O)NCC#N)cc1. The molecule has 0 radical (unpaired) electrons. The lowest BCUT2D eigenvalue weighted by Gasteiger charge is -2.19. The van der Waals surface area contributed by atoms with Gasteiger partial charge in [0, 0.05) is 17.1 Å². The van der Waals surface area contributed by atoms with Crippen LogP contribution in [-0.2, 0) is 16.0 Å². The summed E-state index contributed by atoms with van der Waals surface area (Å²) in [4.78, 5) is 24.8. The minimum atomic E-state index is -0.713. The number of benzene rings is 2. The Morgan fingerprint density at radius 2 is 1.72 bits per heavy atom. The van der Waals surface area contributed by atoms with E-state index in [2.05, 4.69) is 55.7 Å². The number of nitriles is 1. The molecule has 0 fully saturated rings. The Kier molecular flexibility index (Phi) is 8.29. The number of hydrogen-bond donors (Lipinski definition) is 2. The van der Waals surface area contributed by atoms with Crippen molar-refractivity contribution >= 4 is 23.6 Å². The summed E-state index contributed by atoms with van der Waals surface area (Å²) in [6, 6.07) is 18.4. The standard InChI is InChI=1S/C23H27N3O2S/c1-23(2,3)19-11-9-17(10-12-19)15-29-16-20(22(28)25-14-13-24)26-21(27)18-7-5-4-6-8-18/h4-12,20H,14-16H2,1-3H3,(H,25,28)(H,26,27)/t20-/m0/s1. The van der Waals surface area contributed by atoms with E-state index in [9.17, 15) is 9.59 Å². The lowest BCUT2D eigenvalue weighted by molar-refractivity contribution is -0.122. The highest BCUT2D eigenvalue weighted by molar-refractivity contribution is 7.98. The van der Waals surface area contributed by atoms with Gasteiger partial charge in [0.25, 0.3) is 5.91 Å². The molecule has 2 amide bonds. The van der Waals surface area contributed by atoms with Gasteiger partial charge in [0.15, 0.2) is 0 Å². The van der Waals surface area contributed by atoms with E-state index in [0.717, 1.165) is 11.3 Å². The fourth-order valence-corrected chi connectivity index (χ4v) is 3.68. The van der Waals surface area contributed by atoms with Crippen molar-refractivity contribution in [2.24, 2.45) is 0 Å². The van der Waals surface area contributed by atoms with Gasteiger partial charge in [-0.05, 0) is 28.7 Å². The third kappa shape index (κ3) is 7.28. The van der Waals surface area contributed by atoms with Gasteiger partial charge in [-0.3, -0.25) is 9.59 Å². The van der Waals surface area contributed by atoms with Crippen LogP contribution in [0.5, 0.6) is 0 Å². The molecule has 2 rings (SSSR count). The minimum absolute atomic E-state index is 0.0878. The smallest absolute Gasteiger partial charge is 0.251 e. The van der Waals surface area contributed by atoms with Crippen LogP contribution in [0, 0.1) is 11.3 Å². The zero-order chi connectivity index (χ0) is 21.3. The second kappa shape index (κ2) is 10.7. The van der Waals surface area contributed by atoms with Crippen LogP contribution in [-0.4, -0.2) is 30.2 Å². The van der Waals surface area contributed by atoms with Crippen LogP contribution in [0.2, 0.25) is 0 Å². The third-order valence-electron chi connectivity index (χ3n) is 4.37. The molecule has 0 aliphatic rings. The first kappa shape index (κ1) is 22.5. The minimum Gasteiger partial charge on any atom is -0.341 e. The fraction of sp³-hybridized carbons (Fsp3) is 0.348. The topological polar surface area (TPSA) is 82.0 Å². The van der Waals surface area contributed by atoms with Gasteiger partial charge in [0.1, 0.15) is 12.6 Å². The normalized spacial score (nSPS) is 11.9. The Balaban J connectivity index is 1.97. The Bertz CT molecular complexity index is 852. The van der Waals surface area contributed by atoms with E-state index in [0.29, 0.717) is 11.3 Å². The number of amides is 2. The largest absolute Gasteiger partial charge is 0.341 e. The van der Waals surface area contributed by atoms with Crippen LogP contribution in [0.15, 0.2) is 54.6 Å². The molecule has 1 atom stereocenters. The molecule has 5 nitrogen and oxygen atoms in total. The molecule has 29 heavy (non-hydrogen) atoms. The van der Waals surface area contributed by atoms with Gasteiger partial charge in [-0.25, -0.2) is 0 Å². The van der Waals surface area contributed by atoms with Crippen LogP contribution in [0.25, 0.3) is 0 Å². The summed E-state index contributed by atoms with van der Waals surface area (Å²) in [5.74, 6) is 0.481. The number of rotatable bonds is 8. The van der Waals surface area contributed by atoms with Crippen molar-refractivity contribution < 1.29 is 9.59 Å². The summed E-state index contributed by atoms with van der Waals surface area (Å²) >= 11 is 1.57. The summed E-state index contributed by atoms with van der Waals surface area (Å²) in [7, 11) is 0. The molecule has 2 aromatic carbocycles. The summed E-state index contributed by atoms with van der Waals surface area (Å²) < 4.78 is 0. The average molecular weight is 410 g/mol. The van der Waals surface area contributed by atoms with Crippen molar-refractivity contribution in [3.8, 4) is 6.07 Å². The van der Waals surface area contributed by atoms with Gasteiger partial charge in [0.2, 0.25) is 5.91 Å². The highest BCUT2D eigenvalue weighted by Crippen LogP contribution is 2.23. The maximum Gasteiger partial charge on any atom is 0.251 e. The molecule has 0 spiro atoms. The number of nitrogens with one attached hydrogen (secondary N) is 2. The Morgan fingerprint density at radius 1 is 1.07 bits per heavy atom. The highest BCUT2D eigenvalue weighted by atomic mass is 32.2. The number of thioether (sulfide) groups is 1. The molecule has 0 unspecified atom stereocenters. The Hall–Kier alpha value is -2.78. The monoisotopic (exact) mass is 409 g/mol. The maximum absolute atomic E-state index is 12.4. The van der Waals surface area contributed by atoms with Crippen molar-refractivity contribution in [1.82, 2.24) is 10.6 Å². The van der Waals surface area contributed by atoms with Crippen LogP contribution in [0.3, 0.4) is 0 Å². The molecule has 0 aromatic heterocycles. The van der Waals surface area contributed by atoms with Crippen molar-refractivity contribution in [2.45, 2.75) is 38.0 Å². The van der Waals surface area contributed by atoms with E-state index in [1.165, 1.54) is 5.56 Å². The van der Waals surface area contributed by atoms with E-state index in [-0.39, 0.29) is 23.8 Å². The maximum atomic E-state index is 12.4. The lowest BCUT2D eigenvalue weighted by atomic mass is 9.87. The first-order valence-electron chi connectivity index (χ1n) is 9.49. The molecule has 0 heterocycles. The number of nitrogens with zero attached hydrogens (tertiary/aromatic N) is 1. The number of hydrogen-bond acceptors (Lipinski definition) is 4. The molecule has 152 valence electrons. The summed E-state index contributed by atoms with van der Waals surface area (Å²) in [6.45, 7) is 6.44. The Labute approximate surface area is 176 Å². The number of carbonyl (C=O) groups is 2. The van der Waals surface area contributed by atoms with Gasteiger partial charge in [-0.2, -0.15) is 17.0 Å². The quantitative estimate of drug-likeness (QED) is 0.652. The van der Waals surface area contributed by atoms with E-state index in [1.54, 1.807) is 36.0 Å². The van der Waals surface area contributed by atoms with Crippen molar-refractivity contribution in [2.75, 3.05) is 12.3 Å². The van der Waals surface area contributed by atoms with Gasteiger partial charge in [-0.1, -0.05) is 63.2 Å². The van der Waals surface area contributed by atoms with E-state index in [4.69, 9.17) is 5.26 Å². The first-order chi connectivity index (χ1) is 13.8. The molecule has 2 aromatic rings. The summed E-state index contributed by atoms with van der Waals surface area (Å²) in [5.41, 5.74) is 3.04. The van der Waals surface area contributed by atoms with E-state index < -0.39 is 6.04 Å². The van der Waals surface area contributed by atoms with E-state index in [1.807, 2.05) is 12.1 Å². The fourth-order valence-electron chi connectivity index (χ4n) is 2.66. The van der Waals surface area contributed by atoms with Gasteiger partial charge < -0.3 is 10.6 Å². The third-order valence-corrected chi connectivity index (χ3v) is 5.48. The predicted octanol–water partition coefficient (Wildman–Crippen LogP) is 3.66. The van der Waals surface area contributed by atoms with Crippen molar-refractivity contribution in [3.63, 3.8) is 0 Å². The molecular formula is C23H27N3O2S. The first-order valence-corrected chi connectivity index (χ1v) is 10.6. The zero-order valence-corrected chi connectivity index (χ0v) is 17.9. The molecule has 2 N–H and O–H groups in total. The molecule has 0 bridgehead atoms. The van der Waals surface area contributed by atoms with Crippen LogP contribution in [0.4, 0.5) is 0 Å². The molecule has 0 saturated heterocycles. The highest BCUT2D eigenvalue weighted by Gasteiger charge is 2.21. The molecular weight excluding hydrogens is 382 g/mol. The summed E-state index contributed by atoms with van der Waals surface area (Å²) in [6.07, 6.45) is 0. The van der Waals surface area contributed by atoms with Crippen molar-refractivity contribution in [1.29, 1.82) is 5.26 Å². The van der Waals surface area contributed by atoms with Gasteiger partial charge in [-0.15, -0.1) is 0 Å². The van der Waals surface area contributed by atoms with Crippen molar-refractivity contribution in [3.05, 3.63) is 71.3 Å². The molecule has 0 saturated carbocycles. The predicted molar refractivity (Wildman–Crippen MR) is 118 cm³/mol. The second-order valence-corrected chi connectivity index (χ2v) is 8.76. The molecule has 0 aliphatic heterocycles. The van der Waals surface area contributed by atoms with Crippen LogP contribution in [0.1, 0.15) is 42.3 Å². The summed E-state index contributed by atoms with van der Waals surface area (Å²) in [5, 5.41) is 14.0. The lowest BCUT2D eigenvalue weighted by Crippen LogP contribution is -2.48. The average Bonchev–Trinajstić information content (AvgIpc) is 2.71. The molecule has 6 heteroatoms. The van der Waals surface area contributed by atoms with Gasteiger partial charge >= 0.3 is 0 Å². The second-order valence-electron chi connectivity index (χ2n) is 7.73. The Morgan fingerprint density at radius 3 is 2.31 bits per heavy atom.